The van der Waals surface area contributed by atoms with Gasteiger partial charge < -0.3 is 24.4 Å². The summed E-state index contributed by atoms with van der Waals surface area (Å²) in [5, 5.41) is 3.18. The molecule has 0 radical (unpaired) electrons. The van der Waals surface area contributed by atoms with Crippen LogP contribution in [0.15, 0.2) is 18.2 Å². The number of nitrogens with one attached hydrogen (secondary N) is 1. The topological polar surface area (TPSA) is 80.3 Å². The first kappa shape index (κ1) is 26.3. The summed E-state index contributed by atoms with van der Waals surface area (Å²) in [6.45, 7) is 9.43. The lowest BCUT2D eigenvalue weighted by Gasteiger charge is -2.39. The monoisotopic (exact) mass is 475 g/mol. The Labute approximate surface area is 203 Å². The van der Waals surface area contributed by atoms with Crippen molar-refractivity contribution in [2.75, 3.05) is 60.2 Å². The van der Waals surface area contributed by atoms with Gasteiger partial charge in [-0.3, -0.25) is 14.5 Å². The fraction of sp³-hybridized carbons (Fsp3) is 0.692. The van der Waals surface area contributed by atoms with Gasteiger partial charge in [-0.05, 0) is 30.0 Å². The van der Waals surface area contributed by atoms with E-state index in [1.807, 2.05) is 18.2 Å². The quantitative estimate of drug-likeness (QED) is 0.500. The minimum absolute atomic E-state index is 0.00816. The van der Waals surface area contributed by atoms with Gasteiger partial charge in [-0.25, -0.2) is 0 Å². The third-order valence-corrected chi connectivity index (χ3v) is 7.30. The highest BCUT2D eigenvalue weighted by atomic mass is 16.5. The predicted octanol–water partition coefficient (Wildman–Crippen LogP) is 2.35. The van der Waals surface area contributed by atoms with Crippen LogP contribution in [0.5, 0.6) is 11.5 Å². The van der Waals surface area contributed by atoms with E-state index in [2.05, 4.69) is 24.1 Å². The first-order valence-electron chi connectivity index (χ1n) is 12.6. The fourth-order valence-electron chi connectivity index (χ4n) is 5.15. The number of benzene rings is 1. The third-order valence-electron chi connectivity index (χ3n) is 7.30. The number of nitrogens with zero attached hydrogens (tertiary/aromatic N) is 2. The summed E-state index contributed by atoms with van der Waals surface area (Å²) in [7, 11) is 3.22. The van der Waals surface area contributed by atoms with Crippen LogP contribution in [-0.2, 0) is 20.7 Å². The second kappa shape index (κ2) is 13.0. The Hall–Kier alpha value is -2.32. The fourth-order valence-corrected chi connectivity index (χ4v) is 5.15. The molecule has 8 nitrogen and oxygen atoms in total. The highest BCUT2D eigenvalue weighted by molar-refractivity contribution is 5.89. The molecule has 2 amide bonds. The number of likely N-dealkylation sites (tertiary alicyclic amines) is 1. The largest absolute Gasteiger partial charge is 0.493 e. The number of ether oxygens (including phenoxy) is 3. The summed E-state index contributed by atoms with van der Waals surface area (Å²) in [4.78, 5) is 29.8. The molecule has 2 unspecified atom stereocenters. The highest BCUT2D eigenvalue weighted by Gasteiger charge is 2.35. The molecule has 8 heteroatoms. The lowest BCUT2D eigenvalue weighted by Crippen LogP contribution is -2.52. The summed E-state index contributed by atoms with van der Waals surface area (Å²) in [6.07, 6.45) is 3.15. The molecule has 2 fully saturated rings. The van der Waals surface area contributed by atoms with E-state index in [4.69, 9.17) is 14.2 Å². The van der Waals surface area contributed by atoms with Crippen molar-refractivity contribution in [2.45, 2.75) is 45.6 Å². The SMILES string of the molecule is CCC(CC)C(CNC(=O)C1CC(=O)N(CCc2ccc(OC)c(OC)c2)C1)N1CCOCC1. The molecule has 34 heavy (non-hydrogen) atoms. The first-order valence-corrected chi connectivity index (χ1v) is 12.6. The molecular weight excluding hydrogens is 434 g/mol. The molecule has 2 aliphatic rings. The average molecular weight is 476 g/mol. The number of methoxy groups -OCH3 is 2. The van der Waals surface area contributed by atoms with E-state index in [9.17, 15) is 9.59 Å². The maximum atomic E-state index is 13.0. The van der Waals surface area contributed by atoms with Gasteiger partial charge in [0, 0.05) is 45.2 Å². The molecule has 0 aliphatic carbocycles. The van der Waals surface area contributed by atoms with Gasteiger partial charge in [0.25, 0.3) is 0 Å². The van der Waals surface area contributed by atoms with Crippen LogP contribution >= 0.6 is 0 Å². The first-order chi connectivity index (χ1) is 16.5. The van der Waals surface area contributed by atoms with Crippen LogP contribution in [0, 0.1) is 11.8 Å². The van der Waals surface area contributed by atoms with Crippen LogP contribution in [0.2, 0.25) is 0 Å². The van der Waals surface area contributed by atoms with Crippen molar-refractivity contribution >= 4 is 11.8 Å². The normalized spacial score (nSPS) is 20.0. The number of rotatable bonds is 12. The van der Waals surface area contributed by atoms with Crippen LogP contribution in [0.4, 0.5) is 0 Å². The Balaban J connectivity index is 1.52. The van der Waals surface area contributed by atoms with Gasteiger partial charge in [-0.2, -0.15) is 0 Å². The van der Waals surface area contributed by atoms with Crippen molar-refractivity contribution in [3.63, 3.8) is 0 Å². The van der Waals surface area contributed by atoms with Crippen molar-refractivity contribution in [1.29, 1.82) is 0 Å². The van der Waals surface area contributed by atoms with E-state index in [0.29, 0.717) is 49.5 Å². The zero-order valence-electron chi connectivity index (χ0n) is 21.2. The van der Waals surface area contributed by atoms with Crippen LogP contribution < -0.4 is 14.8 Å². The number of hydrogen-bond acceptors (Lipinski definition) is 6. The highest BCUT2D eigenvalue weighted by Crippen LogP contribution is 2.28. The molecule has 2 saturated heterocycles. The van der Waals surface area contributed by atoms with Crippen molar-refractivity contribution in [2.24, 2.45) is 11.8 Å². The van der Waals surface area contributed by atoms with E-state index in [0.717, 1.165) is 44.7 Å². The summed E-state index contributed by atoms with van der Waals surface area (Å²) >= 11 is 0. The average Bonchev–Trinajstić information content (AvgIpc) is 3.25. The molecule has 1 aromatic rings. The molecule has 0 aromatic heterocycles. The zero-order valence-corrected chi connectivity index (χ0v) is 21.2. The maximum Gasteiger partial charge on any atom is 0.225 e. The summed E-state index contributed by atoms with van der Waals surface area (Å²) in [5.41, 5.74) is 1.07. The molecular formula is C26H41N3O5. The lowest BCUT2D eigenvalue weighted by molar-refractivity contribution is -0.129. The summed E-state index contributed by atoms with van der Waals surface area (Å²) in [6, 6.07) is 6.10. The number of morpholine rings is 1. The van der Waals surface area contributed by atoms with E-state index >= 15 is 0 Å². The molecule has 2 aliphatic heterocycles. The van der Waals surface area contributed by atoms with Gasteiger partial charge >= 0.3 is 0 Å². The smallest absolute Gasteiger partial charge is 0.225 e. The van der Waals surface area contributed by atoms with Crippen LogP contribution in [-0.4, -0.2) is 87.8 Å². The molecule has 3 rings (SSSR count). The predicted molar refractivity (Wildman–Crippen MR) is 131 cm³/mol. The lowest BCUT2D eigenvalue weighted by atomic mass is 9.92. The van der Waals surface area contributed by atoms with Gasteiger partial charge in [-0.1, -0.05) is 32.8 Å². The Bertz CT molecular complexity index is 808. The van der Waals surface area contributed by atoms with Crippen molar-refractivity contribution in [3.05, 3.63) is 23.8 Å². The Morgan fingerprint density at radius 2 is 1.85 bits per heavy atom. The van der Waals surface area contributed by atoms with Gasteiger partial charge in [0.05, 0.1) is 33.4 Å². The summed E-state index contributed by atoms with van der Waals surface area (Å²) in [5.74, 6) is 1.64. The van der Waals surface area contributed by atoms with Crippen molar-refractivity contribution in [3.8, 4) is 11.5 Å². The molecule has 0 bridgehead atoms. The van der Waals surface area contributed by atoms with E-state index in [1.54, 1.807) is 19.1 Å². The number of amides is 2. The van der Waals surface area contributed by atoms with Gasteiger partial charge in [0.1, 0.15) is 0 Å². The second-order valence-electron chi connectivity index (χ2n) is 9.22. The molecule has 0 saturated carbocycles. The Morgan fingerprint density at radius 1 is 1.15 bits per heavy atom. The second-order valence-corrected chi connectivity index (χ2v) is 9.22. The number of carbonyl (C=O) groups is 2. The minimum atomic E-state index is -0.287. The molecule has 2 atom stereocenters. The van der Waals surface area contributed by atoms with Gasteiger partial charge in [0.15, 0.2) is 11.5 Å². The molecule has 1 aromatic carbocycles. The number of hydrogen-bond donors (Lipinski definition) is 1. The zero-order chi connectivity index (χ0) is 24.5. The number of carbonyl (C=O) groups excluding carboxylic acids is 2. The van der Waals surface area contributed by atoms with Gasteiger partial charge in [0.2, 0.25) is 11.8 Å². The summed E-state index contributed by atoms with van der Waals surface area (Å²) < 4.78 is 16.2. The Kier molecular flexibility index (Phi) is 10.0. The maximum absolute atomic E-state index is 13.0. The van der Waals surface area contributed by atoms with Crippen molar-refractivity contribution in [1.82, 2.24) is 15.1 Å². The Morgan fingerprint density at radius 3 is 2.50 bits per heavy atom. The van der Waals surface area contributed by atoms with E-state index in [1.165, 1.54) is 0 Å². The van der Waals surface area contributed by atoms with Crippen molar-refractivity contribution < 1.29 is 23.8 Å². The van der Waals surface area contributed by atoms with Crippen LogP contribution in [0.3, 0.4) is 0 Å². The molecule has 190 valence electrons. The molecule has 2 heterocycles. The van der Waals surface area contributed by atoms with Crippen LogP contribution in [0.25, 0.3) is 0 Å². The third kappa shape index (κ3) is 6.63. The van der Waals surface area contributed by atoms with Gasteiger partial charge in [-0.15, -0.1) is 0 Å². The van der Waals surface area contributed by atoms with E-state index in [-0.39, 0.29) is 24.2 Å². The van der Waals surface area contributed by atoms with Crippen LogP contribution in [0.1, 0.15) is 38.7 Å². The molecule has 0 spiro atoms. The molecule has 1 N–H and O–H groups in total. The minimum Gasteiger partial charge on any atom is -0.493 e. The standard InChI is InChI=1S/C26H41N3O5/c1-5-20(6-2)22(28-11-13-34-14-12-28)17-27-26(31)21-16-25(30)29(18-21)10-9-19-7-8-23(32-3)24(15-19)33-4/h7-8,15,20-22H,5-6,9-14,16-18H2,1-4H3,(H,27,31). The van der Waals surface area contributed by atoms with E-state index < -0.39 is 0 Å².